The number of hydrogen-bond donors (Lipinski definition) is 2. The van der Waals surface area contributed by atoms with Gasteiger partial charge in [-0.3, -0.25) is 19.3 Å². The number of pyridine rings is 1. The highest BCUT2D eigenvalue weighted by Gasteiger charge is 2.73. The van der Waals surface area contributed by atoms with E-state index in [2.05, 4.69) is 46.1 Å². The van der Waals surface area contributed by atoms with Gasteiger partial charge in [-0.2, -0.15) is 0 Å². The highest BCUT2D eigenvalue weighted by Crippen LogP contribution is 2.65. The minimum absolute atomic E-state index is 0.00971. The minimum Gasteiger partial charge on any atom is -0.355 e. The molecule has 294 valence electrons. The molecule has 9 rings (SSSR count). The molecule has 5 aliphatic rings. The average molecular weight is 765 g/mol. The Morgan fingerprint density at radius 3 is 2.43 bits per heavy atom. The summed E-state index contributed by atoms with van der Waals surface area (Å²) in [6.07, 6.45) is 5.85. The lowest BCUT2D eigenvalue weighted by atomic mass is 9.73. The molecular formula is C43H50F2N8O3. The van der Waals surface area contributed by atoms with Gasteiger partial charge in [-0.05, 0) is 94.3 Å². The third-order valence-corrected chi connectivity index (χ3v) is 13.9. The number of halogens is 2. The van der Waals surface area contributed by atoms with Crippen molar-refractivity contribution in [2.24, 2.45) is 5.41 Å². The van der Waals surface area contributed by atoms with Crippen LogP contribution in [-0.2, 0) is 15.0 Å². The Morgan fingerprint density at radius 1 is 1.02 bits per heavy atom. The number of nitrogens with zero attached hydrogens (tertiary/aromatic N) is 6. The molecule has 4 aromatic rings. The second kappa shape index (κ2) is 13.1. The number of hydrogen-bond acceptors (Lipinski definition) is 7. The largest absolute Gasteiger partial charge is 0.355 e. The Bertz CT molecular complexity index is 2280. The van der Waals surface area contributed by atoms with Crippen LogP contribution in [0.2, 0.25) is 0 Å². The molecule has 2 saturated heterocycles. The van der Waals surface area contributed by atoms with E-state index < -0.39 is 16.8 Å². The average Bonchev–Trinajstić information content (AvgIpc) is 3.56. The smallest absolute Gasteiger partial charge is 0.255 e. The quantitative estimate of drug-likeness (QED) is 0.199. The van der Waals surface area contributed by atoms with Crippen molar-refractivity contribution < 1.29 is 23.2 Å². The van der Waals surface area contributed by atoms with Crippen LogP contribution in [0.5, 0.6) is 0 Å². The standard InChI is InChI=1S/C43H50F2N8O3/c1-6-26(3)52-24-47-35-21-34(49-38(37(35)52)48-29-9-7-25(2)32(18-29)39(55)46-5)28-8-10-33-36(17-28)53(40(56)42(33)12-15-50(16-13-42)27(4)54)31-19-30(20-31)51-14-11-41(23-51)22-43(41,44)45/h7-10,17-18,21,24,26,30-31H,6,11-16,19-20,22-23H2,1-5H3,(H,46,55)(H,48,49)/t26-,30?,31?,41?/m0/s1. The Labute approximate surface area is 325 Å². The summed E-state index contributed by atoms with van der Waals surface area (Å²) < 4.78 is 30.6. The SMILES string of the molecule is CC[C@H](C)n1cnc2cc(-c3ccc4c(c3)N(C3CC(N5CCC6(C5)CC6(F)F)C3)C(=O)C43CCN(C(C)=O)CC3)nc(Nc3ccc(C)c(C(=O)NC)c3)c21. The molecule has 2 aromatic carbocycles. The van der Waals surface area contributed by atoms with Crippen LogP contribution in [0.25, 0.3) is 22.3 Å². The number of carbonyl (C=O) groups excluding carboxylic acids is 3. The summed E-state index contributed by atoms with van der Waals surface area (Å²) in [7, 11) is 1.62. The van der Waals surface area contributed by atoms with Gasteiger partial charge in [0.1, 0.15) is 5.52 Å². The van der Waals surface area contributed by atoms with Gasteiger partial charge >= 0.3 is 0 Å². The number of carbonyl (C=O) groups is 3. The molecule has 0 radical (unpaired) electrons. The van der Waals surface area contributed by atoms with Crippen molar-refractivity contribution in [2.75, 3.05) is 43.4 Å². The molecular weight excluding hydrogens is 715 g/mol. The summed E-state index contributed by atoms with van der Waals surface area (Å²) in [6.45, 7) is 9.90. The van der Waals surface area contributed by atoms with Gasteiger partial charge in [0.25, 0.3) is 11.8 Å². The molecule has 2 atom stereocenters. The van der Waals surface area contributed by atoms with Gasteiger partial charge in [-0.25, -0.2) is 18.7 Å². The lowest BCUT2D eigenvalue weighted by Gasteiger charge is -2.46. The summed E-state index contributed by atoms with van der Waals surface area (Å²) in [5.41, 5.74) is 5.57. The molecule has 4 fully saturated rings. The van der Waals surface area contributed by atoms with Crippen molar-refractivity contribution in [3.8, 4) is 11.3 Å². The number of amides is 3. The summed E-state index contributed by atoms with van der Waals surface area (Å²) in [6, 6.07) is 14.2. The second-order valence-corrected chi connectivity index (χ2v) is 17.0. The number of rotatable bonds is 8. The number of benzene rings is 2. The zero-order chi connectivity index (χ0) is 39.3. The molecule has 2 saturated carbocycles. The number of piperidine rings is 1. The van der Waals surface area contributed by atoms with Crippen LogP contribution in [0.4, 0.5) is 26.0 Å². The van der Waals surface area contributed by atoms with Gasteiger partial charge in [-0.1, -0.05) is 25.1 Å². The molecule has 2 aromatic heterocycles. The van der Waals surface area contributed by atoms with Crippen LogP contribution in [0.15, 0.2) is 48.8 Å². The van der Waals surface area contributed by atoms with E-state index in [0.717, 1.165) is 58.4 Å². The number of fused-ring (bicyclic) bond motifs is 3. The van der Waals surface area contributed by atoms with Crippen molar-refractivity contribution >= 4 is 45.9 Å². The summed E-state index contributed by atoms with van der Waals surface area (Å²) >= 11 is 0. The van der Waals surface area contributed by atoms with Crippen molar-refractivity contribution in [3.05, 3.63) is 65.5 Å². The molecule has 3 amide bonds. The summed E-state index contributed by atoms with van der Waals surface area (Å²) in [5.74, 6) is -2.03. The number of imidazole rings is 1. The van der Waals surface area contributed by atoms with Crippen LogP contribution < -0.4 is 15.5 Å². The highest BCUT2D eigenvalue weighted by atomic mass is 19.3. The molecule has 2 N–H and O–H groups in total. The van der Waals surface area contributed by atoms with E-state index in [9.17, 15) is 23.2 Å². The van der Waals surface area contributed by atoms with Crippen LogP contribution in [0, 0.1) is 12.3 Å². The fraction of sp³-hybridized carbons (Fsp3) is 0.512. The van der Waals surface area contributed by atoms with Crippen LogP contribution >= 0.6 is 0 Å². The molecule has 1 unspecified atom stereocenters. The lowest BCUT2D eigenvalue weighted by Crippen LogP contribution is -2.57. The van der Waals surface area contributed by atoms with E-state index in [0.29, 0.717) is 62.5 Å². The highest BCUT2D eigenvalue weighted by molar-refractivity contribution is 6.09. The number of aryl methyl sites for hydroxylation is 1. The fourth-order valence-corrected chi connectivity index (χ4v) is 9.95. The minimum atomic E-state index is -2.56. The maximum absolute atomic E-state index is 14.8. The third-order valence-electron chi connectivity index (χ3n) is 13.9. The zero-order valence-corrected chi connectivity index (χ0v) is 32.8. The first-order chi connectivity index (χ1) is 26.8. The third kappa shape index (κ3) is 5.62. The maximum Gasteiger partial charge on any atom is 0.255 e. The van der Waals surface area contributed by atoms with Crippen molar-refractivity contribution in [1.82, 2.24) is 29.7 Å². The monoisotopic (exact) mass is 764 g/mol. The number of anilines is 3. The number of likely N-dealkylation sites (tertiary alicyclic amines) is 2. The fourth-order valence-electron chi connectivity index (χ4n) is 9.95. The van der Waals surface area contributed by atoms with Gasteiger partial charge in [0.2, 0.25) is 11.8 Å². The van der Waals surface area contributed by atoms with Gasteiger partial charge in [0, 0.05) is 80.7 Å². The molecule has 2 aliphatic carbocycles. The van der Waals surface area contributed by atoms with Gasteiger partial charge in [0.15, 0.2) is 5.82 Å². The second-order valence-electron chi connectivity index (χ2n) is 17.0. The number of nitrogens with one attached hydrogen (secondary N) is 2. The molecule has 3 aliphatic heterocycles. The first-order valence-corrected chi connectivity index (χ1v) is 20.1. The van der Waals surface area contributed by atoms with E-state index in [-0.39, 0.29) is 42.3 Å². The summed E-state index contributed by atoms with van der Waals surface area (Å²) in [4.78, 5) is 55.9. The first kappa shape index (κ1) is 36.7. The Kier molecular flexibility index (Phi) is 8.57. The molecule has 13 heteroatoms. The van der Waals surface area contributed by atoms with Crippen LogP contribution in [0.1, 0.15) is 93.2 Å². The Morgan fingerprint density at radius 2 is 1.77 bits per heavy atom. The predicted octanol–water partition coefficient (Wildman–Crippen LogP) is 6.97. The normalized spacial score (nSPS) is 25.4. The number of aromatic nitrogens is 3. The van der Waals surface area contributed by atoms with E-state index >= 15 is 0 Å². The van der Waals surface area contributed by atoms with Gasteiger partial charge in [0.05, 0.1) is 28.4 Å². The molecule has 11 nitrogen and oxygen atoms in total. The van der Waals surface area contributed by atoms with Gasteiger partial charge in [-0.15, -0.1) is 0 Å². The van der Waals surface area contributed by atoms with Crippen molar-refractivity contribution in [1.29, 1.82) is 0 Å². The van der Waals surface area contributed by atoms with Gasteiger partial charge < -0.3 is 25.0 Å². The lowest BCUT2D eigenvalue weighted by molar-refractivity contribution is -0.134. The predicted molar refractivity (Wildman–Crippen MR) is 211 cm³/mol. The van der Waals surface area contributed by atoms with E-state index in [1.807, 2.05) is 53.4 Å². The Balaban J connectivity index is 1.09. The first-order valence-electron chi connectivity index (χ1n) is 20.1. The van der Waals surface area contributed by atoms with Crippen LogP contribution in [-0.4, -0.2) is 93.3 Å². The topological polar surface area (TPSA) is 116 Å². The molecule has 2 spiro atoms. The van der Waals surface area contributed by atoms with Crippen molar-refractivity contribution in [2.45, 2.75) is 102 Å². The summed E-state index contributed by atoms with van der Waals surface area (Å²) in [5, 5.41) is 6.25. The Hall–Kier alpha value is -4.91. The van der Waals surface area contributed by atoms with Crippen LogP contribution in [0.3, 0.4) is 0 Å². The number of alkyl halides is 2. The molecule has 5 heterocycles. The maximum atomic E-state index is 14.8. The molecule has 0 bridgehead atoms. The van der Waals surface area contributed by atoms with E-state index in [4.69, 9.17) is 9.97 Å². The molecule has 56 heavy (non-hydrogen) atoms. The van der Waals surface area contributed by atoms with E-state index in [1.165, 1.54) is 0 Å². The van der Waals surface area contributed by atoms with E-state index in [1.54, 1.807) is 14.0 Å². The van der Waals surface area contributed by atoms with Crippen molar-refractivity contribution in [3.63, 3.8) is 0 Å². The zero-order valence-electron chi connectivity index (χ0n) is 32.8.